The van der Waals surface area contributed by atoms with Gasteiger partial charge in [0.15, 0.2) is 0 Å². The number of aryl methyl sites for hydroxylation is 1. The smallest absolute Gasteiger partial charge is 0.329 e. The second kappa shape index (κ2) is 5.96. The second-order valence-corrected chi connectivity index (χ2v) is 6.60. The summed E-state index contributed by atoms with van der Waals surface area (Å²) >= 11 is 1.44. The molecule has 0 unspecified atom stereocenters. The highest BCUT2D eigenvalue weighted by Gasteiger charge is 2.36. The zero-order chi connectivity index (χ0) is 16.6. The Balaban J connectivity index is 1.91. The van der Waals surface area contributed by atoms with Gasteiger partial charge in [-0.2, -0.15) is 13.2 Å². The minimum absolute atomic E-state index is 0.0975. The van der Waals surface area contributed by atoms with E-state index < -0.39 is 11.7 Å². The molecule has 122 valence electrons. The number of halogens is 3. The molecule has 0 saturated heterocycles. The number of rotatable bonds is 4. The summed E-state index contributed by atoms with van der Waals surface area (Å²) in [6.07, 6.45) is -1.03. The second-order valence-electron chi connectivity index (χ2n) is 5.62. The molecule has 1 aliphatic rings. The first-order valence-electron chi connectivity index (χ1n) is 7.23. The summed E-state index contributed by atoms with van der Waals surface area (Å²) in [6.45, 7) is 2.00. The number of amides is 1. The SMILES string of the molecule is Cc1ccc(C(F)(F)F)cc1C(=O)N(Cc1nccs1)C1CC1. The molecule has 0 bridgehead atoms. The van der Waals surface area contributed by atoms with Gasteiger partial charge in [-0.05, 0) is 37.5 Å². The Kier molecular flexibility index (Phi) is 4.14. The Bertz CT molecular complexity index is 709. The van der Waals surface area contributed by atoms with Gasteiger partial charge in [-0.3, -0.25) is 4.79 Å². The van der Waals surface area contributed by atoms with Crippen molar-refractivity contribution in [1.29, 1.82) is 0 Å². The molecule has 3 rings (SSSR count). The number of hydrogen-bond donors (Lipinski definition) is 0. The van der Waals surface area contributed by atoms with Crippen molar-refractivity contribution in [3.63, 3.8) is 0 Å². The average molecular weight is 340 g/mol. The largest absolute Gasteiger partial charge is 0.416 e. The highest BCUT2D eigenvalue weighted by atomic mass is 32.1. The molecule has 1 saturated carbocycles. The van der Waals surface area contributed by atoms with Gasteiger partial charge in [0.2, 0.25) is 0 Å². The van der Waals surface area contributed by atoms with Crippen molar-refractivity contribution in [3.05, 3.63) is 51.5 Å². The quantitative estimate of drug-likeness (QED) is 0.832. The molecule has 23 heavy (non-hydrogen) atoms. The third-order valence-corrected chi connectivity index (χ3v) is 4.60. The van der Waals surface area contributed by atoms with Crippen LogP contribution in [-0.4, -0.2) is 21.8 Å². The van der Waals surface area contributed by atoms with E-state index in [1.54, 1.807) is 18.0 Å². The summed E-state index contributed by atoms with van der Waals surface area (Å²) < 4.78 is 38.7. The van der Waals surface area contributed by atoms with E-state index >= 15 is 0 Å². The Labute approximate surface area is 135 Å². The Morgan fingerprint density at radius 2 is 2.13 bits per heavy atom. The fraction of sp³-hybridized carbons (Fsp3) is 0.375. The number of thiazole rings is 1. The van der Waals surface area contributed by atoms with E-state index in [9.17, 15) is 18.0 Å². The molecule has 3 nitrogen and oxygen atoms in total. The van der Waals surface area contributed by atoms with Crippen LogP contribution in [0.25, 0.3) is 0 Å². The maximum absolute atomic E-state index is 12.9. The summed E-state index contributed by atoms with van der Waals surface area (Å²) in [4.78, 5) is 18.6. The average Bonchev–Trinajstić information content (AvgIpc) is 3.20. The van der Waals surface area contributed by atoms with Gasteiger partial charge in [0.25, 0.3) is 5.91 Å². The maximum Gasteiger partial charge on any atom is 0.416 e. The highest BCUT2D eigenvalue weighted by molar-refractivity contribution is 7.09. The van der Waals surface area contributed by atoms with Gasteiger partial charge in [-0.1, -0.05) is 6.07 Å². The predicted molar refractivity (Wildman–Crippen MR) is 81.2 cm³/mol. The van der Waals surface area contributed by atoms with Crippen LogP contribution in [0, 0.1) is 6.92 Å². The topological polar surface area (TPSA) is 33.2 Å². The van der Waals surface area contributed by atoms with E-state index in [0.717, 1.165) is 30.0 Å². The first kappa shape index (κ1) is 16.0. The van der Waals surface area contributed by atoms with Crippen molar-refractivity contribution in [2.45, 2.75) is 38.5 Å². The predicted octanol–water partition coefficient (Wildman–Crippen LogP) is 4.28. The molecule has 0 radical (unpaired) electrons. The first-order chi connectivity index (χ1) is 10.9. The van der Waals surface area contributed by atoms with Crippen LogP contribution in [0.3, 0.4) is 0 Å². The number of benzene rings is 1. The number of carbonyl (C=O) groups excluding carboxylic acids is 1. The van der Waals surface area contributed by atoms with Crippen LogP contribution in [0.15, 0.2) is 29.8 Å². The Morgan fingerprint density at radius 1 is 1.39 bits per heavy atom. The van der Waals surface area contributed by atoms with Crippen LogP contribution in [-0.2, 0) is 12.7 Å². The van der Waals surface area contributed by atoms with E-state index in [2.05, 4.69) is 4.98 Å². The lowest BCUT2D eigenvalue weighted by atomic mass is 10.0. The Hall–Kier alpha value is -1.89. The number of aromatic nitrogens is 1. The minimum Gasteiger partial charge on any atom is -0.329 e. The lowest BCUT2D eigenvalue weighted by Gasteiger charge is -2.23. The molecule has 1 aliphatic carbocycles. The van der Waals surface area contributed by atoms with Crippen molar-refractivity contribution < 1.29 is 18.0 Å². The molecule has 0 atom stereocenters. The van der Waals surface area contributed by atoms with Crippen LogP contribution in [0.4, 0.5) is 13.2 Å². The molecule has 0 N–H and O–H groups in total. The number of alkyl halides is 3. The molecule has 1 heterocycles. The molecule has 0 spiro atoms. The summed E-state index contributed by atoms with van der Waals surface area (Å²) in [5.74, 6) is -0.355. The molecule has 1 fully saturated rings. The monoisotopic (exact) mass is 340 g/mol. The van der Waals surface area contributed by atoms with Crippen molar-refractivity contribution >= 4 is 17.2 Å². The fourth-order valence-corrected chi connectivity index (χ4v) is 3.03. The van der Waals surface area contributed by atoms with Crippen LogP contribution in [0.5, 0.6) is 0 Å². The van der Waals surface area contributed by atoms with Crippen molar-refractivity contribution in [2.75, 3.05) is 0 Å². The van der Waals surface area contributed by atoms with E-state index in [4.69, 9.17) is 0 Å². The van der Waals surface area contributed by atoms with Crippen LogP contribution in [0.2, 0.25) is 0 Å². The third-order valence-electron chi connectivity index (χ3n) is 3.83. The molecule has 7 heteroatoms. The number of nitrogens with zero attached hydrogens (tertiary/aromatic N) is 2. The van der Waals surface area contributed by atoms with Crippen molar-refractivity contribution in [1.82, 2.24) is 9.88 Å². The molecule has 1 aromatic carbocycles. The van der Waals surface area contributed by atoms with E-state index in [-0.39, 0.29) is 17.5 Å². The first-order valence-corrected chi connectivity index (χ1v) is 8.11. The van der Waals surface area contributed by atoms with Crippen molar-refractivity contribution in [3.8, 4) is 0 Å². The van der Waals surface area contributed by atoms with Gasteiger partial charge in [0, 0.05) is 23.2 Å². The van der Waals surface area contributed by atoms with Gasteiger partial charge in [-0.25, -0.2) is 4.98 Å². The van der Waals surface area contributed by atoms with Gasteiger partial charge < -0.3 is 4.90 Å². The lowest BCUT2D eigenvalue weighted by molar-refractivity contribution is -0.137. The summed E-state index contributed by atoms with van der Waals surface area (Å²) in [7, 11) is 0. The summed E-state index contributed by atoms with van der Waals surface area (Å²) in [5.41, 5.74) is -0.132. The lowest BCUT2D eigenvalue weighted by Crippen LogP contribution is -2.33. The third kappa shape index (κ3) is 3.55. The maximum atomic E-state index is 12.9. The van der Waals surface area contributed by atoms with E-state index in [0.29, 0.717) is 12.1 Å². The molecule has 1 aromatic heterocycles. The molecule has 0 aliphatic heterocycles. The van der Waals surface area contributed by atoms with Crippen LogP contribution < -0.4 is 0 Å². The van der Waals surface area contributed by atoms with Gasteiger partial charge in [0.05, 0.1) is 12.1 Å². The van der Waals surface area contributed by atoms with E-state index in [1.807, 2.05) is 5.38 Å². The number of carbonyl (C=O) groups is 1. The number of hydrogen-bond acceptors (Lipinski definition) is 3. The normalized spacial score (nSPS) is 14.8. The van der Waals surface area contributed by atoms with Crippen LogP contribution in [0.1, 0.15) is 39.3 Å². The summed E-state index contributed by atoms with van der Waals surface area (Å²) in [5, 5.41) is 2.61. The highest BCUT2D eigenvalue weighted by Crippen LogP contribution is 2.33. The zero-order valence-corrected chi connectivity index (χ0v) is 13.2. The minimum atomic E-state index is -4.46. The standard InChI is InChI=1S/C16H15F3N2OS/c1-10-2-3-11(16(17,18)19)8-13(10)15(22)21(12-4-5-12)9-14-20-6-7-23-14/h2-3,6-8,12H,4-5,9H2,1H3. The fourth-order valence-electron chi connectivity index (χ4n) is 2.41. The van der Waals surface area contributed by atoms with Gasteiger partial charge >= 0.3 is 6.18 Å². The van der Waals surface area contributed by atoms with Crippen molar-refractivity contribution in [2.24, 2.45) is 0 Å². The molecule has 2 aromatic rings. The molecule has 1 amide bonds. The van der Waals surface area contributed by atoms with Gasteiger partial charge in [-0.15, -0.1) is 11.3 Å². The van der Waals surface area contributed by atoms with Gasteiger partial charge in [0.1, 0.15) is 5.01 Å². The van der Waals surface area contributed by atoms with Crippen LogP contribution >= 0.6 is 11.3 Å². The Morgan fingerprint density at radius 3 is 2.70 bits per heavy atom. The summed E-state index contributed by atoms with van der Waals surface area (Å²) in [6, 6.07) is 3.41. The molecular formula is C16H15F3N2OS. The van der Waals surface area contributed by atoms with E-state index in [1.165, 1.54) is 17.4 Å². The zero-order valence-electron chi connectivity index (χ0n) is 12.4. The molecular weight excluding hydrogens is 325 g/mol.